The molecule has 0 radical (unpaired) electrons. The summed E-state index contributed by atoms with van der Waals surface area (Å²) in [5, 5.41) is 13.3. The second-order valence-electron chi connectivity index (χ2n) is 7.16. The SMILES string of the molecule is CCOP(=O)(OCC)C([NH2+]C(c1ccccc1)c1ccccc1)c1cccc([N+](=O)[O-])c1. The lowest BCUT2D eigenvalue weighted by atomic mass is 9.98. The summed E-state index contributed by atoms with van der Waals surface area (Å²) >= 11 is 0. The molecule has 0 aliphatic carbocycles. The molecule has 8 heteroatoms. The summed E-state index contributed by atoms with van der Waals surface area (Å²) in [6.45, 7) is 3.89. The van der Waals surface area contributed by atoms with Gasteiger partial charge >= 0.3 is 7.60 Å². The van der Waals surface area contributed by atoms with Gasteiger partial charge in [0.15, 0.2) is 0 Å². The van der Waals surface area contributed by atoms with Crippen LogP contribution in [0.1, 0.15) is 42.4 Å². The van der Waals surface area contributed by atoms with Crippen LogP contribution >= 0.6 is 7.60 Å². The van der Waals surface area contributed by atoms with Gasteiger partial charge in [0, 0.05) is 28.8 Å². The molecular formula is C24H28N2O5P+. The third kappa shape index (κ3) is 5.69. The minimum atomic E-state index is -3.67. The molecule has 168 valence electrons. The predicted octanol–water partition coefficient (Wildman–Crippen LogP) is 5.21. The first kappa shape index (κ1) is 23.8. The molecule has 3 aromatic carbocycles. The Morgan fingerprint density at radius 3 is 1.81 bits per heavy atom. The van der Waals surface area contributed by atoms with Gasteiger partial charge in [0.25, 0.3) is 5.69 Å². The van der Waals surface area contributed by atoms with Gasteiger partial charge in [0.2, 0.25) is 5.78 Å². The van der Waals surface area contributed by atoms with Gasteiger partial charge < -0.3 is 14.4 Å². The first-order valence-electron chi connectivity index (χ1n) is 10.6. The zero-order valence-electron chi connectivity index (χ0n) is 18.2. The molecule has 0 spiro atoms. The Hall–Kier alpha value is -2.83. The van der Waals surface area contributed by atoms with Crippen molar-refractivity contribution in [3.05, 3.63) is 112 Å². The van der Waals surface area contributed by atoms with E-state index in [4.69, 9.17) is 9.05 Å². The van der Waals surface area contributed by atoms with Crippen molar-refractivity contribution in [2.75, 3.05) is 13.2 Å². The smallest absolute Gasteiger partial charge is 0.320 e. The lowest BCUT2D eigenvalue weighted by molar-refractivity contribution is -0.709. The van der Waals surface area contributed by atoms with E-state index in [-0.39, 0.29) is 24.9 Å². The summed E-state index contributed by atoms with van der Waals surface area (Å²) in [7, 11) is -3.67. The number of nitro benzene ring substituents is 1. The van der Waals surface area contributed by atoms with Crippen molar-refractivity contribution in [3.63, 3.8) is 0 Å². The quantitative estimate of drug-likeness (QED) is 0.243. The number of benzene rings is 3. The van der Waals surface area contributed by atoms with E-state index in [1.165, 1.54) is 12.1 Å². The number of rotatable bonds is 11. The summed E-state index contributed by atoms with van der Waals surface area (Å²) in [5.41, 5.74) is 2.46. The predicted molar refractivity (Wildman–Crippen MR) is 123 cm³/mol. The van der Waals surface area contributed by atoms with Gasteiger partial charge in [0.05, 0.1) is 18.1 Å². The molecule has 0 saturated heterocycles. The number of nitro groups is 1. The normalized spacial score (nSPS) is 12.6. The zero-order chi connectivity index (χ0) is 23.0. The van der Waals surface area contributed by atoms with E-state index in [0.29, 0.717) is 5.56 Å². The number of quaternary nitrogens is 1. The van der Waals surface area contributed by atoms with Crippen LogP contribution in [0.3, 0.4) is 0 Å². The van der Waals surface area contributed by atoms with Gasteiger partial charge in [-0.05, 0) is 13.8 Å². The molecular weight excluding hydrogens is 427 g/mol. The first-order chi connectivity index (χ1) is 15.5. The lowest BCUT2D eigenvalue weighted by Gasteiger charge is -2.28. The molecule has 3 rings (SSSR count). The molecule has 0 fully saturated rings. The summed E-state index contributed by atoms with van der Waals surface area (Å²) in [5.74, 6) is -0.798. The molecule has 0 aliphatic heterocycles. The molecule has 0 aliphatic rings. The van der Waals surface area contributed by atoms with Crippen LogP contribution in [0, 0.1) is 10.1 Å². The fourth-order valence-electron chi connectivity index (χ4n) is 3.70. The average Bonchev–Trinajstić information content (AvgIpc) is 2.81. The molecule has 0 amide bonds. The lowest BCUT2D eigenvalue weighted by Crippen LogP contribution is -2.86. The maximum absolute atomic E-state index is 13.9. The second kappa shape index (κ2) is 11.2. The number of hydrogen-bond acceptors (Lipinski definition) is 5. The summed E-state index contributed by atoms with van der Waals surface area (Å²) < 4.78 is 25.3. The first-order valence-corrected chi connectivity index (χ1v) is 12.2. The number of hydrogen-bond donors (Lipinski definition) is 1. The van der Waals surface area contributed by atoms with E-state index in [9.17, 15) is 14.7 Å². The number of nitrogens with two attached hydrogens (primary N) is 1. The van der Waals surface area contributed by atoms with Crippen LogP contribution in [0.2, 0.25) is 0 Å². The van der Waals surface area contributed by atoms with Crippen LogP contribution in [0.5, 0.6) is 0 Å². The summed E-state index contributed by atoms with van der Waals surface area (Å²) in [6.07, 6.45) is 0. The fraction of sp³-hybridized carbons (Fsp3) is 0.250. The van der Waals surface area contributed by atoms with Crippen LogP contribution in [0.15, 0.2) is 84.9 Å². The molecule has 0 aromatic heterocycles. The standard InChI is InChI=1S/C24H27N2O5P/c1-3-30-32(29,31-4-2)24(21-16-11-17-22(18-21)26(27)28)25-23(19-12-7-5-8-13-19)20-14-9-6-10-15-20/h5-18,23-25H,3-4H2,1-2H3/p+1. The van der Waals surface area contributed by atoms with Gasteiger partial charge in [0.1, 0.15) is 6.04 Å². The Kier molecular flexibility index (Phi) is 8.31. The second-order valence-corrected chi connectivity index (χ2v) is 9.32. The van der Waals surface area contributed by atoms with Crippen molar-refractivity contribution in [1.82, 2.24) is 0 Å². The van der Waals surface area contributed by atoms with Crippen molar-refractivity contribution in [1.29, 1.82) is 0 Å². The van der Waals surface area contributed by atoms with E-state index in [1.54, 1.807) is 26.0 Å². The largest absolute Gasteiger partial charge is 0.392 e. The fourth-order valence-corrected chi connectivity index (χ4v) is 5.72. The Morgan fingerprint density at radius 2 is 1.34 bits per heavy atom. The van der Waals surface area contributed by atoms with Gasteiger partial charge in [-0.15, -0.1) is 0 Å². The minimum absolute atomic E-state index is 0.0728. The van der Waals surface area contributed by atoms with Crippen molar-refractivity contribution in [3.8, 4) is 0 Å². The Morgan fingerprint density at radius 1 is 0.844 bits per heavy atom. The zero-order valence-corrected chi connectivity index (χ0v) is 19.1. The van der Waals surface area contributed by atoms with Crippen molar-refractivity contribution >= 4 is 13.3 Å². The molecule has 1 unspecified atom stereocenters. The third-order valence-electron chi connectivity index (χ3n) is 5.07. The van der Waals surface area contributed by atoms with Crippen molar-refractivity contribution in [2.45, 2.75) is 25.7 Å². The Balaban J connectivity index is 2.14. The number of non-ortho nitro benzene ring substituents is 1. The van der Waals surface area contributed by atoms with Crippen molar-refractivity contribution < 1.29 is 23.9 Å². The van der Waals surface area contributed by atoms with Crippen LogP contribution in [-0.2, 0) is 13.6 Å². The molecule has 1 atom stereocenters. The highest BCUT2D eigenvalue weighted by Crippen LogP contribution is 2.58. The maximum Gasteiger partial charge on any atom is 0.392 e. The molecule has 0 saturated carbocycles. The molecule has 2 N–H and O–H groups in total. The van der Waals surface area contributed by atoms with Crippen LogP contribution in [-0.4, -0.2) is 18.1 Å². The molecule has 0 bridgehead atoms. The molecule has 7 nitrogen and oxygen atoms in total. The summed E-state index contributed by atoms with van der Waals surface area (Å²) in [6, 6.07) is 25.7. The average molecular weight is 455 g/mol. The third-order valence-corrected chi connectivity index (χ3v) is 7.46. The van der Waals surface area contributed by atoms with Gasteiger partial charge in [-0.25, -0.2) is 0 Å². The highest BCUT2D eigenvalue weighted by molar-refractivity contribution is 7.53. The van der Waals surface area contributed by atoms with Gasteiger partial charge in [-0.2, -0.15) is 0 Å². The van der Waals surface area contributed by atoms with Gasteiger partial charge in [-0.1, -0.05) is 72.8 Å². The summed E-state index contributed by atoms with van der Waals surface area (Å²) in [4.78, 5) is 10.9. The highest BCUT2D eigenvalue weighted by Gasteiger charge is 2.43. The van der Waals surface area contributed by atoms with Crippen LogP contribution < -0.4 is 5.32 Å². The minimum Gasteiger partial charge on any atom is -0.320 e. The molecule has 32 heavy (non-hydrogen) atoms. The number of nitrogens with zero attached hydrogens (tertiary/aromatic N) is 1. The Labute approximate surface area is 188 Å². The van der Waals surface area contributed by atoms with E-state index in [1.807, 2.05) is 66.0 Å². The van der Waals surface area contributed by atoms with Crippen molar-refractivity contribution in [2.24, 2.45) is 0 Å². The molecule has 3 aromatic rings. The Bertz CT molecular complexity index is 1010. The van der Waals surface area contributed by atoms with Crippen LogP contribution in [0.25, 0.3) is 0 Å². The van der Waals surface area contributed by atoms with Gasteiger partial charge in [-0.3, -0.25) is 14.7 Å². The van der Waals surface area contributed by atoms with E-state index < -0.39 is 18.3 Å². The highest BCUT2D eigenvalue weighted by atomic mass is 31.2. The van der Waals surface area contributed by atoms with E-state index >= 15 is 0 Å². The van der Waals surface area contributed by atoms with Crippen LogP contribution in [0.4, 0.5) is 5.69 Å². The molecule has 0 heterocycles. The van der Waals surface area contributed by atoms with E-state index in [2.05, 4.69) is 0 Å². The van der Waals surface area contributed by atoms with E-state index in [0.717, 1.165) is 11.1 Å². The maximum atomic E-state index is 13.9. The monoisotopic (exact) mass is 455 g/mol. The topological polar surface area (TPSA) is 95.3 Å².